The highest BCUT2D eigenvalue weighted by Crippen LogP contribution is 2.36. The van der Waals surface area contributed by atoms with E-state index in [1.165, 1.54) is 21.2 Å². The van der Waals surface area contributed by atoms with Crippen LogP contribution in [0.15, 0.2) is 71.1 Å². The highest BCUT2D eigenvalue weighted by atomic mass is 32.1. The molecule has 1 aromatic heterocycles. The molecule has 2 heterocycles. The fourth-order valence-corrected chi connectivity index (χ4v) is 4.81. The van der Waals surface area contributed by atoms with E-state index in [0.717, 1.165) is 16.8 Å². The summed E-state index contributed by atoms with van der Waals surface area (Å²) in [6.07, 6.45) is 0.509. The summed E-state index contributed by atoms with van der Waals surface area (Å²) in [6, 6.07) is 18.6. The number of thiophene rings is 1. The standard InChI is InChI=1S/C27H29N3O5S/c1-33-14-13-29(27(32)25-10-7-15-36-25)18-26(31)30-23(19-8-5-4-6-9-19)17-22(28-30)21-12-11-20(34-2)16-24(21)35-3/h4-12,15-16,23H,13-14,17-18H2,1-3H3/t23-/m1/s1. The molecular formula is C27H29N3O5S. The van der Waals surface area contributed by atoms with Gasteiger partial charge in [0.2, 0.25) is 0 Å². The van der Waals surface area contributed by atoms with Gasteiger partial charge in [0, 0.05) is 31.7 Å². The van der Waals surface area contributed by atoms with Crippen LogP contribution in [0.3, 0.4) is 0 Å². The smallest absolute Gasteiger partial charge is 0.264 e. The number of amides is 2. The molecule has 1 atom stereocenters. The maximum absolute atomic E-state index is 13.6. The summed E-state index contributed by atoms with van der Waals surface area (Å²) in [5, 5.41) is 8.09. The third-order valence-corrected chi connectivity index (χ3v) is 6.84. The van der Waals surface area contributed by atoms with Gasteiger partial charge in [0.15, 0.2) is 0 Å². The Labute approximate surface area is 214 Å². The van der Waals surface area contributed by atoms with Crippen molar-refractivity contribution in [3.8, 4) is 11.5 Å². The molecule has 1 aliphatic rings. The number of hydrogen-bond acceptors (Lipinski definition) is 7. The molecule has 36 heavy (non-hydrogen) atoms. The second-order valence-corrected chi connectivity index (χ2v) is 9.13. The van der Waals surface area contributed by atoms with Crippen molar-refractivity contribution in [3.05, 3.63) is 82.0 Å². The Morgan fingerprint density at radius 2 is 1.86 bits per heavy atom. The molecule has 3 aromatic rings. The SMILES string of the molecule is COCCN(CC(=O)N1N=C(c2ccc(OC)cc2OC)C[C@@H]1c1ccccc1)C(=O)c1cccs1. The van der Waals surface area contributed by atoms with E-state index in [0.29, 0.717) is 35.9 Å². The van der Waals surface area contributed by atoms with Gasteiger partial charge in [-0.1, -0.05) is 36.4 Å². The summed E-state index contributed by atoms with van der Waals surface area (Å²) in [7, 11) is 4.76. The average Bonchev–Trinajstić information content (AvgIpc) is 3.61. The van der Waals surface area contributed by atoms with Gasteiger partial charge in [0.05, 0.1) is 37.5 Å². The van der Waals surface area contributed by atoms with Gasteiger partial charge in [0.25, 0.3) is 11.8 Å². The summed E-state index contributed by atoms with van der Waals surface area (Å²) >= 11 is 1.35. The molecule has 0 fully saturated rings. The Balaban J connectivity index is 1.65. The van der Waals surface area contributed by atoms with Crippen molar-refractivity contribution in [2.24, 2.45) is 5.10 Å². The van der Waals surface area contributed by atoms with E-state index in [1.807, 2.05) is 53.9 Å². The number of carbonyl (C=O) groups is 2. The van der Waals surface area contributed by atoms with E-state index in [9.17, 15) is 9.59 Å². The predicted molar refractivity (Wildman–Crippen MR) is 139 cm³/mol. The summed E-state index contributed by atoms with van der Waals surface area (Å²) in [4.78, 5) is 28.8. The van der Waals surface area contributed by atoms with Crippen molar-refractivity contribution in [3.63, 3.8) is 0 Å². The first-order chi connectivity index (χ1) is 17.5. The zero-order valence-electron chi connectivity index (χ0n) is 20.5. The van der Waals surface area contributed by atoms with Crippen LogP contribution in [0.25, 0.3) is 0 Å². The van der Waals surface area contributed by atoms with Crippen LogP contribution >= 0.6 is 11.3 Å². The van der Waals surface area contributed by atoms with E-state index in [-0.39, 0.29) is 24.4 Å². The van der Waals surface area contributed by atoms with Crippen LogP contribution in [0.5, 0.6) is 11.5 Å². The second kappa shape index (κ2) is 11.8. The molecule has 2 aromatic carbocycles. The summed E-state index contributed by atoms with van der Waals surface area (Å²) in [5.41, 5.74) is 2.48. The Morgan fingerprint density at radius 1 is 1.06 bits per heavy atom. The number of hydrogen-bond donors (Lipinski definition) is 0. The molecule has 0 aliphatic carbocycles. The Bertz CT molecular complexity index is 1210. The molecular weight excluding hydrogens is 478 g/mol. The molecule has 1 aliphatic heterocycles. The fraction of sp³-hybridized carbons (Fsp3) is 0.296. The van der Waals surface area contributed by atoms with Crippen molar-refractivity contribution in [2.75, 3.05) is 41.0 Å². The summed E-state index contributed by atoms with van der Waals surface area (Å²) in [6.45, 7) is 0.510. The van der Waals surface area contributed by atoms with E-state index >= 15 is 0 Å². The third-order valence-electron chi connectivity index (χ3n) is 5.98. The molecule has 2 amide bonds. The number of rotatable bonds is 10. The van der Waals surface area contributed by atoms with Crippen LogP contribution < -0.4 is 9.47 Å². The van der Waals surface area contributed by atoms with Crippen molar-refractivity contribution < 1.29 is 23.8 Å². The Kier molecular flexibility index (Phi) is 8.35. The zero-order chi connectivity index (χ0) is 25.5. The fourth-order valence-electron chi connectivity index (χ4n) is 4.12. The lowest BCUT2D eigenvalue weighted by Crippen LogP contribution is -2.42. The molecule has 8 nitrogen and oxygen atoms in total. The third kappa shape index (κ3) is 5.58. The van der Waals surface area contributed by atoms with Crippen molar-refractivity contribution in [1.29, 1.82) is 0 Å². The number of hydrazone groups is 1. The molecule has 0 spiro atoms. The molecule has 0 bridgehead atoms. The largest absolute Gasteiger partial charge is 0.497 e. The van der Waals surface area contributed by atoms with Crippen molar-refractivity contribution >= 4 is 28.9 Å². The van der Waals surface area contributed by atoms with Gasteiger partial charge in [-0.2, -0.15) is 5.10 Å². The minimum absolute atomic E-state index is 0.111. The number of nitrogens with zero attached hydrogens (tertiary/aromatic N) is 3. The second-order valence-electron chi connectivity index (χ2n) is 8.18. The minimum Gasteiger partial charge on any atom is -0.497 e. The zero-order valence-corrected chi connectivity index (χ0v) is 21.4. The van der Waals surface area contributed by atoms with Crippen molar-refractivity contribution in [1.82, 2.24) is 9.91 Å². The Hall–Kier alpha value is -3.69. The van der Waals surface area contributed by atoms with Crippen LogP contribution in [0.4, 0.5) is 0 Å². The van der Waals surface area contributed by atoms with E-state index in [2.05, 4.69) is 0 Å². The maximum Gasteiger partial charge on any atom is 0.264 e. The molecule has 9 heteroatoms. The van der Waals surface area contributed by atoms with Gasteiger partial charge in [-0.25, -0.2) is 5.01 Å². The molecule has 0 unspecified atom stereocenters. The predicted octanol–water partition coefficient (Wildman–Crippen LogP) is 4.23. The number of benzene rings is 2. The highest BCUT2D eigenvalue weighted by molar-refractivity contribution is 7.12. The van der Waals surface area contributed by atoms with Gasteiger partial charge in [0.1, 0.15) is 18.0 Å². The normalized spacial score (nSPS) is 14.9. The molecule has 0 N–H and O–H groups in total. The molecule has 0 saturated heterocycles. The van der Waals surface area contributed by atoms with Crippen LogP contribution in [0.1, 0.15) is 33.3 Å². The quantitative estimate of drug-likeness (QED) is 0.410. The van der Waals surface area contributed by atoms with Gasteiger partial charge in [-0.05, 0) is 29.1 Å². The van der Waals surface area contributed by atoms with Crippen LogP contribution in [-0.2, 0) is 9.53 Å². The first-order valence-electron chi connectivity index (χ1n) is 11.5. The van der Waals surface area contributed by atoms with Gasteiger partial charge in [-0.3, -0.25) is 9.59 Å². The molecule has 0 saturated carbocycles. The number of methoxy groups -OCH3 is 3. The van der Waals surface area contributed by atoms with Crippen LogP contribution in [0.2, 0.25) is 0 Å². The van der Waals surface area contributed by atoms with Gasteiger partial charge < -0.3 is 19.1 Å². The van der Waals surface area contributed by atoms with E-state index < -0.39 is 0 Å². The maximum atomic E-state index is 13.6. The first kappa shape index (κ1) is 25.4. The lowest BCUT2D eigenvalue weighted by atomic mass is 9.98. The van der Waals surface area contributed by atoms with E-state index in [4.69, 9.17) is 19.3 Å². The van der Waals surface area contributed by atoms with Crippen LogP contribution in [0, 0.1) is 0 Å². The molecule has 4 rings (SSSR count). The van der Waals surface area contributed by atoms with Gasteiger partial charge >= 0.3 is 0 Å². The average molecular weight is 508 g/mol. The number of ether oxygens (including phenoxy) is 3. The molecule has 188 valence electrons. The summed E-state index contributed by atoms with van der Waals surface area (Å²) < 4.78 is 16.1. The van der Waals surface area contributed by atoms with E-state index in [1.54, 1.807) is 33.5 Å². The lowest BCUT2D eigenvalue weighted by Gasteiger charge is -2.26. The summed E-state index contributed by atoms with van der Waals surface area (Å²) in [5.74, 6) is 0.811. The topological polar surface area (TPSA) is 80.7 Å². The Morgan fingerprint density at radius 3 is 2.53 bits per heavy atom. The van der Waals surface area contributed by atoms with Gasteiger partial charge in [-0.15, -0.1) is 11.3 Å². The highest BCUT2D eigenvalue weighted by Gasteiger charge is 2.35. The minimum atomic E-state index is -0.304. The number of carbonyl (C=O) groups excluding carboxylic acids is 2. The monoisotopic (exact) mass is 507 g/mol. The first-order valence-corrected chi connectivity index (χ1v) is 12.4. The lowest BCUT2D eigenvalue weighted by molar-refractivity contribution is -0.133. The molecule has 0 radical (unpaired) electrons. The van der Waals surface area contributed by atoms with Crippen molar-refractivity contribution in [2.45, 2.75) is 12.5 Å². The van der Waals surface area contributed by atoms with Crippen LogP contribution in [-0.4, -0.2) is 68.5 Å².